The van der Waals surface area contributed by atoms with Gasteiger partial charge in [0.05, 0.1) is 0 Å². The maximum absolute atomic E-state index is 5.95. The van der Waals surface area contributed by atoms with Crippen LogP contribution in [0.1, 0.15) is 43.1 Å². The number of rotatable bonds is 4. The zero-order valence-corrected chi connectivity index (χ0v) is 12.8. The molecule has 110 valence electrons. The van der Waals surface area contributed by atoms with E-state index in [-0.39, 0.29) is 5.92 Å². The average molecular weight is 283 g/mol. The van der Waals surface area contributed by atoms with Gasteiger partial charge in [0.15, 0.2) is 0 Å². The number of ether oxygens (including phenoxy) is 1. The van der Waals surface area contributed by atoms with Gasteiger partial charge in [-0.1, -0.05) is 19.9 Å². The Hall–Kier alpha value is -2.10. The third-order valence-electron chi connectivity index (χ3n) is 3.78. The Morgan fingerprint density at radius 2 is 1.90 bits per heavy atom. The van der Waals surface area contributed by atoms with E-state index in [1.807, 2.05) is 19.2 Å². The number of benzene rings is 1. The third-order valence-corrected chi connectivity index (χ3v) is 3.78. The number of nitrogens with zero attached hydrogens (tertiary/aromatic N) is 2. The molecule has 0 unspecified atom stereocenters. The zero-order valence-electron chi connectivity index (χ0n) is 12.8. The maximum Gasteiger partial charge on any atom is 0.224 e. The van der Waals surface area contributed by atoms with Crippen LogP contribution in [0.5, 0.6) is 11.6 Å². The number of aromatic nitrogens is 2. The highest BCUT2D eigenvalue weighted by molar-refractivity contribution is 5.42. The first-order valence-corrected chi connectivity index (χ1v) is 7.52. The summed E-state index contributed by atoms with van der Waals surface area (Å²) in [6.07, 6.45) is 3.58. The molecule has 0 aliphatic heterocycles. The Labute approximate surface area is 125 Å². The summed E-state index contributed by atoms with van der Waals surface area (Å²) < 4.78 is 5.95. The van der Waals surface area contributed by atoms with Crippen LogP contribution in [0.25, 0.3) is 0 Å². The molecule has 0 spiro atoms. The molecular formula is C17H21N3O. The second-order valence-corrected chi connectivity index (χ2v) is 5.74. The molecular weight excluding hydrogens is 262 g/mol. The largest absolute Gasteiger partial charge is 0.439 e. The molecule has 0 radical (unpaired) electrons. The fourth-order valence-electron chi connectivity index (χ4n) is 2.61. The van der Waals surface area contributed by atoms with Crippen molar-refractivity contribution in [2.24, 2.45) is 0 Å². The van der Waals surface area contributed by atoms with Gasteiger partial charge in [-0.15, -0.1) is 0 Å². The molecule has 2 aromatic rings. The molecule has 1 heterocycles. The van der Waals surface area contributed by atoms with Crippen molar-refractivity contribution in [3.63, 3.8) is 0 Å². The highest BCUT2D eigenvalue weighted by Gasteiger charge is 2.13. The van der Waals surface area contributed by atoms with Gasteiger partial charge in [0.25, 0.3) is 0 Å². The fourth-order valence-corrected chi connectivity index (χ4v) is 2.61. The minimum atomic E-state index is 0.265. The number of hydrogen-bond donors (Lipinski definition) is 1. The lowest BCUT2D eigenvalue weighted by molar-refractivity contribution is 0.457. The SMILES string of the molecule is CNc1cc(Oc2ccc3c(c2)CCC3)nc(C(C)C)n1. The van der Waals surface area contributed by atoms with Crippen molar-refractivity contribution < 1.29 is 4.74 Å². The van der Waals surface area contributed by atoms with Gasteiger partial charge in [-0.3, -0.25) is 0 Å². The summed E-state index contributed by atoms with van der Waals surface area (Å²) in [5.74, 6) is 3.28. The summed E-state index contributed by atoms with van der Waals surface area (Å²) >= 11 is 0. The van der Waals surface area contributed by atoms with Crippen molar-refractivity contribution >= 4 is 5.82 Å². The van der Waals surface area contributed by atoms with E-state index < -0.39 is 0 Å². The summed E-state index contributed by atoms with van der Waals surface area (Å²) in [4.78, 5) is 8.95. The Kier molecular flexibility index (Phi) is 3.78. The lowest BCUT2D eigenvalue weighted by Gasteiger charge is -2.11. The van der Waals surface area contributed by atoms with Gasteiger partial charge in [-0.2, -0.15) is 4.98 Å². The first-order chi connectivity index (χ1) is 10.2. The topological polar surface area (TPSA) is 47.0 Å². The first kappa shape index (κ1) is 13.9. The van der Waals surface area contributed by atoms with Crippen molar-refractivity contribution in [2.45, 2.75) is 39.0 Å². The fraction of sp³-hybridized carbons (Fsp3) is 0.412. The van der Waals surface area contributed by atoms with Crippen LogP contribution in [0.4, 0.5) is 5.82 Å². The Morgan fingerprint density at radius 3 is 2.67 bits per heavy atom. The molecule has 4 nitrogen and oxygen atoms in total. The van der Waals surface area contributed by atoms with Crippen molar-refractivity contribution in [2.75, 3.05) is 12.4 Å². The molecule has 0 saturated carbocycles. The summed E-state index contributed by atoms with van der Waals surface area (Å²) in [5, 5.41) is 3.06. The summed E-state index contributed by atoms with van der Waals surface area (Å²) in [5.41, 5.74) is 2.85. The molecule has 0 fully saturated rings. The number of hydrogen-bond acceptors (Lipinski definition) is 4. The molecule has 1 aromatic carbocycles. The van der Waals surface area contributed by atoms with Crippen LogP contribution in [0.2, 0.25) is 0 Å². The van der Waals surface area contributed by atoms with E-state index in [4.69, 9.17) is 4.74 Å². The van der Waals surface area contributed by atoms with Gasteiger partial charge in [0.1, 0.15) is 17.4 Å². The van der Waals surface area contributed by atoms with E-state index in [1.54, 1.807) is 0 Å². The smallest absolute Gasteiger partial charge is 0.224 e. The molecule has 3 rings (SSSR count). The van der Waals surface area contributed by atoms with Crippen LogP contribution in [0.3, 0.4) is 0 Å². The van der Waals surface area contributed by atoms with E-state index in [0.717, 1.165) is 23.8 Å². The summed E-state index contributed by atoms with van der Waals surface area (Å²) in [6.45, 7) is 4.15. The summed E-state index contributed by atoms with van der Waals surface area (Å²) in [6, 6.07) is 8.17. The highest BCUT2D eigenvalue weighted by atomic mass is 16.5. The van der Waals surface area contributed by atoms with Crippen LogP contribution in [-0.2, 0) is 12.8 Å². The number of anilines is 1. The van der Waals surface area contributed by atoms with Gasteiger partial charge in [-0.05, 0) is 42.5 Å². The normalized spacial score (nSPS) is 13.3. The number of fused-ring (bicyclic) bond motifs is 1. The standard InChI is InChI=1S/C17H21N3O/c1-11(2)17-19-15(18-3)10-16(20-17)21-14-8-7-12-5-4-6-13(12)9-14/h7-11H,4-6H2,1-3H3,(H,18,19,20). The predicted octanol–water partition coefficient (Wildman–Crippen LogP) is 3.92. The molecule has 0 saturated heterocycles. The van der Waals surface area contributed by atoms with Crippen LogP contribution in [-0.4, -0.2) is 17.0 Å². The third kappa shape index (κ3) is 2.99. The van der Waals surface area contributed by atoms with Crippen LogP contribution in [0, 0.1) is 0 Å². The van der Waals surface area contributed by atoms with Crippen LogP contribution >= 0.6 is 0 Å². The Bertz CT molecular complexity index is 652. The Balaban J connectivity index is 1.88. The molecule has 4 heteroatoms. The molecule has 1 aliphatic rings. The highest BCUT2D eigenvalue weighted by Crippen LogP contribution is 2.29. The predicted molar refractivity (Wildman–Crippen MR) is 84.2 cm³/mol. The first-order valence-electron chi connectivity index (χ1n) is 7.52. The second kappa shape index (κ2) is 5.72. The van der Waals surface area contributed by atoms with Crippen molar-refractivity contribution in [1.29, 1.82) is 0 Å². The number of nitrogens with one attached hydrogen (secondary N) is 1. The maximum atomic E-state index is 5.95. The van der Waals surface area contributed by atoms with Crippen LogP contribution in [0.15, 0.2) is 24.3 Å². The van der Waals surface area contributed by atoms with E-state index in [2.05, 4.69) is 41.3 Å². The monoisotopic (exact) mass is 283 g/mol. The molecule has 21 heavy (non-hydrogen) atoms. The molecule has 0 atom stereocenters. The molecule has 0 amide bonds. The molecule has 1 N–H and O–H groups in total. The molecule has 1 aromatic heterocycles. The average Bonchev–Trinajstić information content (AvgIpc) is 2.94. The van der Waals surface area contributed by atoms with E-state index in [0.29, 0.717) is 5.88 Å². The van der Waals surface area contributed by atoms with Crippen molar-refractivity contribution in [1.82, 2.24) is 9.97 Å². The Morgan fingerprint density at radius 1 is 1.10 bits per heavy atom. The van der Waals surface area contributed by atoms with E-state index in [9.17, 15) is 0 Å². The van der Waals surface area contributed by atoms with E-state index in [1.165, 1.54) is 24.0 Å². The molecule has 0 bridgehead atoms. The van der Waals surface area contributed by atoms with E-state index >= 15 is 0 Å². The lowest BCUT2D eigenvalue weighted by Crippen LogP contribution is -2.03. The molecule has 1 aliphatic carbocycles. The minimum absolute atomic E-state index is 0.265. The second-order valence-electron chi connectivity index (χ2n) is 5.74. The van der Waals surface area contributed by atoms with Gasteiger partial charge >= 0.3 is 0 Å². The van der Waals surface area contributed by atoms with Crippen molar-refractivity contribution in [3.05, 3.63) is 41.2 Å². The quantitative estimate of drug-likeness (QED) is 0.923. The number of aryl methyl sites for hydroxylation is 2. The lowest BCUT2D eigenvalue weighted by atomic mass is 10.1. The van der Waals surface area contributed by atoms with Gasteiger partial charge in [-0.25, -0.2) is 4.98 Å². The van der Waals surface area contributed by atoms with Crippen molar-refractivity contribution in [3.8, 4) is 11.6 Å². The van der Waals surface area contributed by atoms with Gasteiger partial charge in [0, 0.05) is 19.0 Å². The summed E-state index contributed by atoms with van der Waals surface area (Å²) in [7, 11) is 1.85. The minimum Gasteiger partial charge on any atom is -0.439 e. The van der Waals surface area contributed by atoms with Gasteiger partial charge < -0.3 is 10.1 Å². The zero-order chi connectivity index (χ0) is 14.8. The van der Waals surface area contributed by atoms with Crippen LogP contribution < -0.4 is 10.1 Å². The van der Waals surface area contributed by atoms with Gasteiger partial charge in [0.2, 0.25) is 5.88 Å².